The van der Waals surface area contributed by atoms with E-state index in [0.717, 1.165) is 6.42 Å². The second-order valence-corrected chi connectivity index (χ2v) is 5.73. The van der Waals surface area contributed by atoms with Gasteiger partial charge in [-0.2, -0.15) is 5.26 Å². The molecule has 0 aliphatic rings. The molecule has 7 heteroatoms. The SMILES string of the molecule is COc1cc(C(=O)OCC(=O)NCCC#N)ccc1OCCC(C)C. The number of ether oxygens (including phenoxy) is 3. The van der Waals surface area contributed by atoms with E-state index in [2.05, 4.69) is 19.2 Å². The van der Waals surface area contributed by atoms with Crippen LogP contribution in [-0.4, -0.2) is 38.7 Å². The van der Waals surface area contributed by atoms with E-state index in [-0.39, 0.29) is 18.5 Å². The highest BCUT2D eigenvalue weighted by Gasteiger charge is 2.14. The molecule has 0 heterocycles. The molecule has 0 bridgehead atoms. The molecule has 0 saturated heterocycles. The number of rotatable bonds is 10. The van der Waals surface area contributed by atoms with E-state index in [1.807, 2.05) is 6.07 Å². The number of benzene rings is 1. The van der Waals surface area contributed by atoms with E-state index >= 15 is 0 Å². The third kappa shape index (κ3) is 7.57. The first kappa shape index (κ1) is 20.3. The summed E-state index contributed by atoms with van der Waals surface area (Å²) < 4.78 is 15.8. The molecule has 1 amide bonds. The minimum atomic E-state index is -0.637. The van der Waals surface area contributed by atoms with Crippen molar-refractivity contribution in [1.82, 2.24) is 5.32 Å². The zero-order chi connectivity index (χ0) is 18.7. The van der Waals surface area contributed by atoms with Crippen LogP contribution in [-0.2, 0) is 9.53 Å². The lowest BCUT2D eigenvalue weighted by Crippen LogP contribution is -2.29. The quantitative estimate of drug-likeness (QED) is 0.515. The fraction of sp³-hybridized carbons (Fsp3) is 0.500. The molecule has 1 rings (SSSR count). The molecule has 0 aliphatic heterocycles. The molecule has 7 nitrogen and oxygen atoms in total. The Morgan fingerprint density at radius 1 is 1.28 bits per heavy atom. The Labute approximate surface area is 147 Å². The van der Waals surface area contributed by atoms with Crippen molar-refractivity contribution >= 4 is 11.9 Å². The largest absolute Gasteiger partial charge is 0.493 e. The Bertz CT molecular complexity index is 622. The molecule has 0 aliphatic carbocycles. The monoisotopic (exact) mass is 348 g/mol. The summed E-state index contributed by atoms with van der Waals surface area (Å²) in [5, 5.41) is 10.9. The van der Waals surface area contributed by atoms with Gasteiger partial charge in [-0.25, -0.2) is 4.79 Å². The number of methoxy groups -OCH3 is 1. The Balaban J connectivity index is 2.58. The highest BCUT2D eigenvalue weighted by molar-refractivity contribution is 5.92. The van der Waals surface area contributed by atoms with Gasteiger partial charge in [0.15, 0.2) is 18.1 Å². The number of esters is 1. The van der Waals surface area contributed by atoms with E-state index in [1.165, 1.54) is 13.2 Å². The van der Waals surface area contributed by atoms with Crippen LogP contribution in [0.5, 0.6) is 11.5 Å². The third-order valence-electron chi connectivity index (χ3n) is 3.25. The van der Waals surface area contributed by atoms with Gasteiger partial charge in [0.2, 0.25) is 0 Å². The smallest absolute Gasteiger partial charge is 0.338 e. The van der Waals surface area contributed by atoms with Crippen LogP contribution in [0.15, 0.2) is 18.2 Å². The second-order valence-electron chi connectivity index (χ2n) is 5.73. The molecule has 1 N–H and O–H groups in total. The predicted molar refractivity (Wildman–Crippen MR) is 91.5 cm³/mol. The molecule has 0 spiro atoms. The predicted octanol–water partition coefficient (Wildman–Crippen LogP) is 2.31. The molecule has 136 valence electrons. The Hall–Kier alpha value is -2.75. The van der Waals surface area contributed by atoms with Crippen LogP contribution in [0.1, 0.15) is 37.0 Å². The van der Waals surface area contributed by atoms with E-state index in [4.69, 9.17) is 19.5 Å². The fourth-order valence-electron chi connectivity index (χ4n) is 1.84. The van der Waals surface area contributed by atoms with Crippen molar-refractivity contribution in [3.63, 3.8) is 0 Å². The minimum absolute atomic E-state index is 0.204. The molecule has 0 fully saturated rings. The van der Waals surface area contributed by atoms with Crippen LogP contribution in [0.3, 0.4) is 0 Å². The Morgan fingerprint density at radius 2 is 2.04 bits per heavy atom. The maximum Gasteiger partial charge on any atom is 0.338 e. The molecule has 1 aromatic rings. The number of carbonyl (C=O) groups is 2. The van der Waals surface area contributed by atoms with E-state index in [1.54, 1.807) is 12.1 Å². The fourth-order valence-corrected chi connectivity index (χ4v) is 1.84. The minimum Gasteiger partial charge on any atom is -0.493 e. The number of hydrogen-bond acceptors (Lipinski definition) is 6. The van der Waals surface area contributed by atoms with Crippen molar-refractivity contribution in [2.24, 2.45) is 5.92 Å². The van der Waals surface area contributed by atoms with Gasteiger partial charge in [-0.05, 0) is 30.5 Å². The van der Waals surface area contributed by atoms with Crippen LogP contribution < -0.4 is 14.8 Å². The van der Waals surface area contributed by atoms with Crippen LogP contribution in [0.2, 0.25) is 0 Å². The first-order valence-electron chi connectivity index (χ1n) is 8.09. The molecule has 0 saturated carbocycles. The topological polar surface area (TPSA) is 97.6 Å². The van der Waals surface area contributed by atoms with Crippen molar-refractivity contribution in [2.45, 2.75) is 26.7 Å². The standard InChI is InChI=1S/C18H24N2O5/c1-13(2)7-10-24-15-6-5-14(11-16(15)23-3)18(22)25-12-17(21)20-9-4-8-19/h5-6,11,13H,4,7,9-10,12H2,1-3H3,(H,20,21). The van der Waals surface area contributed by atoms with Crippen LogP contribution in [0, 0.1) is 17.2 Å². The Morgan fingerprint density at radius 3 is 2.68 bits per heavy atom. The van der Waals surface area contributed by atoms with E-state index < -0.39 is 18.5 Å². The second kappa shape index (κ2) is 10.9. The first-order valence-corrected chi connectivity index (χ1v) is 8.09. The molecule has 0 unspecified atom stereocenters. The molecule has 0 radical (unpaired) electrons. The molecular weight excluding hydrogens is 324 g/mol. The van der Waals surface area contributed by atoms with Crippen LogP contribution >= 0.6 is 0 Å². The van der Waals surface area contributed by atoms with Gasteiger partial charge >= 0.3 is 5.97 Å². The van der Waals surface area contributed by atoms with Crippen molar-refractivity contribution in [3.8, 4) is 17.6 Å². The van der Waals surface area contributed by atoms with E-state index in [0.29, 0.717) is 24.0 Å². The van der Waals surface area contributed by atoms with E-state index in [9.17, 15) is 9.59 Å². The van der Waals surface area contributed by atoms with Crippen molar-refractivity contribution < 1.29 is 23.8 Å². The molecular formula is C18H24N2O5. The number of amides is 1. The lowest BCUT2D eigenvalue weighted by Gasteiger charge is -2.13. The molecule has 0 atom stereocenters. The van der Waals surface area contributed by atoms with Crippen LogP contribution in [0.25, 0.3) is 0 Å². The molecule has 0 aromatic heterocycles. The first-order chi connectivity index (χ1) is 12.0. The van der Waals surface area contributed by atoms with Crippen LogP contribution in [0.4, 0.5) is 0 Å². The highest BCUT2D eigenvalue weighted by Crippen LogP contribution is 2.28. The van der Waals surface area contributed by atoms with Gasteiger partial charge in [0.05, 0.1) is 31.8 Å². The number of carbonyl (C=O) groups excluding carboxylic acids is 2. The zero-order valence-corrected chi connectivity index (χ0v) is 14.8. The average molecular weight is 348 g/mol. The number of hydrogen-bond donors (Lipinski definition) is 1. The van der Waals surface area contributed by atoms with Gasteiger partial charge in [-0.1, -0.05) is 13.8 Å². The molecule has 1 aromatic carbocycles. The van der Waals surface area contributed by atoms with Crippen molar-refractivity contribution in [1.29, 1.82) is 5.26 Å². The lowest BCUT2D eigenvalue weighted by molar-refractivity contribution is -0.124. The highest BCUT2D eigenvalue weighted by atomic mass is 16.5. The average Bonchev–Trinajstić information content (AvgIpc) is 2.59. The molecule has 25 heavy (non-hydrogen) atoms. The normalized spacial score (nSPS) is 10.0. The summed E-state index contributed by atoms with van der Waals surface area (Å²) in [5.74, 6) is 0.414. The zero-order valence-electron chi connectivity index (χ0n) is 14.8. The summed E-state index contributed by atoms with van der Waals surface area (Å²) in [6.07, 6.45) is 1.11. The third-order valence-corrected chi connectivity index (χ3v) is 3.25. The summed E-state index contributed by atoms with van der Waals surface area (Å²) in [4.78, 5) is 23.5. The van der Waals surface area contributed by atoms with Gasteiger partial charge in [0.25, 0.3) is 5.91 Å². The summed E-state index contributed by atoms with van der Waals surface area (Å²) in [6.45, 7) is 4.59. The van der Waals surface area contributed by atoms with Gasteiger partial charge in [-0.15, -0.1) is 0 Å². The van der Waals surface area contributed by atoms with Crippen molar-refractivity contribution in [2.75, 3.05) is 26.9 Å². The summed E-state index contributed by atoms with van der Waals surface area (Å²) >= 11 is 0. The van der Waals surface area contributed by atoms with Gasteiger partial charge in [0.1, 0.15) is 0 Å². The van der Waals surface area contributed by atoms with Gasteiger partial charge in [0, 0.05) is 6.54 Å². The lowest BCUT2D eigenvalue weighted by atomic mass is 10.1. The summed E-state index contributed by atoms with van der Waals surface area (Å²) in [7, 11) is 1.49. The number of nitrogens with zero attached hydrogens (tertiary/aromatic N) is 1. The summed E-state index contributed by atoms with van der Waals surface area (Å²) in [5.41, 5.74) is 0.262. The Kier molecular flexibility index (Phi) is 8.86. The summed E-state index contributed by atoms with van der Waals surface area (Å²) in [6, 6.07) is 6.62. The maximum atomic E-state index is 12.0. The van der Waals surface area contributed by atoms with Crippen molar-refractivity contribution in [3.05, 3.63) is 23.8 Å². The van der Waals surface area contributed by atoms with Gasteiger partial charge < -0.3 is 19.5 Å². The number of nitriles is 1. The maximum absolute atomic E-state index is 12.0. The number of nitrogens with one attached hydrogen (secondary N) is 1. The van der Waals surface area contributed by atoms with Gasteiger partial charge in [-0.3, -0.25) is 4.79 Å².